The molecule has 2 N–H and O–H groups in total. The first kappa shape index (κ1) is 13.7. The summed E-state index contributed by atoms with van der Waals surface area (Å²) < 4.78 is 6.71. The third-order valence-corrected chi connectivity index (χ3v) is 2.50. The molecule has 0 aromatic carbocycles. The third-order valence-electron chi connectivity index (χ3n) is 2.50. The highest BCUT2D eigenvalue weighted by molar-refractivity contribution is 5.04. The van der Waals surface area contributed by atoms with Crippen LogP contribution in [0.15, 0.2) is 15.8 Å². The number of aliphatic hydroxyl groups is 1. The fourth-order valence-corrected chi connectivity index (χ4v) is 1.49. The van der Waals surface area contributed by atoms with E-state index in [1.165, 1.54) is 10.8 Å². The highest BCUT2D eigenvalue weighted by atomic mass is 16.5. The van der Waals surface area contributed by atoms with Crippen LogP contribution in [-0.4, -0.2) is 27.4 Å². The highest BCUT2D eigenvalue weighted by Crippen LogP contribution is 2.07. The first-order valence-electron chi connectivity index (χ1n) is 5.60. The molecular weight excluding hydrogens is 224 g/mol. The second-order valence-electron chi connectivity index (χ2n) is 3.90. The van der Waals surface area contributed by atoms with Crippen LogP contribution in [0.1, 0.15) is 32.6 Å². The van der Waals surface area contributed by atoms with Gasteiger partial charge in [-0.15, -0.1) is 0 Å². The Morgan fingerprint density at radius 2 is 2.12 bits per heavy atom. The van der Waals surface area contributed by atoms with Crippen molar-refractivity contribution in [3.05, 3.63) is 32.6 Å². The molecular formula is C11H18N2O4. The smallest absolute Gasteiger partial charge is 0.330 e. The van der Waals surface area contributed by atoms with Crippen LogP contribution < -0.4 is 11.2 Å². The molecule has 6 heteroatoms. The number of hydrogen-bond acceptors (Lipinski definition) is 4. The van der Waals surface area contributed by atoms with Gasteiger partial charge in [0, 0.05) is 11.8 Å². The summed E-state index contributed by atoms with van der Waals surface area (Å²) in [6.07, 6.45) is 1.13. The van der Waals surface area contributed by atoms with Gasteiger partial charge in [-0.25, -0.2) is 4.79 Å². The maximum Gasteiger partial charge on any atom is 0.330 e. The van der Waals surface area contributed by atoms with Gasteiger partial charge in [0.15, 0.2) is 0 Å². The lowest BCUT2D eigenvalue weighted by Crippen LogP contribution is -2.35. The molecule has 0 bridgehead atoms. The minimum absolute atomic E-state index is 0.122. The van der Waals surface area contributed by atoms with Crippen molar-refractivity contribution in [2.45, 2.75) is 39.5 Å². The van der Waals surface area contributed by atoms with E-state index < -0.39 is 11.9 Å². The summed E-state index contributed by atoms with van der Waals surface area (Å²) in [5.74, 6) is 0. The van der Waals surface area contributed by atoms with Gasteiger partial charge in [-0.05, 0) is 20.3 Å². The number of aromatic nitrogens is 2. The van der Waals surface area contributed by atoms with Crippen LogP contribution in [0.5, 0.6) is 0 Å². The molecule has 1 heterocycles. The fourth-order valence-electron chi connectivity index (χ4n) is 1.49. The largest absolute Gasteiger partial charge is 0.394 e. The molecule has 1 aromatic rings. The Bertz CT molecular complexity index is 477. The molecule has 0 unspecified atom stereocenters. The molecule has 0 radical (unpaired) electrons. The molecule has 0 saturated carbocycles. The molecule has 0 aliphatic carbocycles. The zero-order valence-electron chi connectivity index (χ0n) is 10.3. The van der Waals surface area contributed by atoms with E-state index in [9.17, 15) is 9.59 Å². The molecule has 0 amide bonds. The van der Waals surface area contributed by atoms with E-state index in [-0.39, 0.29) is 18.3 Å². The fraction of sp³-hybridized carbons (Fsp3) is 0.636. The quantitative estimate of drug-likeness (QED) is 0.762. The number of hydrogen-bond donors (Lipinski definition) is 2. The lowest BCUT2D eigenvalue weighted by atomic mass is 10.2. The predicted octanol–water partition coefficient (Wildman–Crippen LogP) is 0.0149. The van der Waals surface area contributed by atoms with Crippen molar-refractivity contribution < 1.29 is 9.84 Å². The molecule has 1 rings (SSSR count). The number of nitrogens with zero attached hydrogens (tertiary/aromatic N) is 1. The van der Waals surface area contributed by atoms with Crippen LogP contribution in [0.25, 0.3) is 0 Å². The van der Waals surface area contributed by atoms with Crippen molar-refractivity contribution in [3.63, 3.8) is 0 Å². The van der Waals surface area contributed by atoms with Crippen LogP contribution in [0, 0.1) is 0 Å². The molecule has 0 saturated heterocycles. The summed E-state index contributed by atoms with van der Waals surface area (Å²) in [4.78, 5) is 25.2. The number of aryl methyl sites for hydroxylation is 1. The van der Waals surface area contributed by atoms with Gasteiger partial charge in [-0.2, -0.15) is 0 Å². The standard InChI is InChI=1S/C11H18N2O4/c1-4-9-5-13(11(16)12-10(9)15)8(3)17-7(2)6-14/h5,7-8,14H,4,6H2,1-3H3,(H,12,15,16)/t7-,8+/m0/s1. The lowest BCUT2D eigenvalue weighted by molar-refractivity contribution is -0.0581. The monoisotopic (exact) mass is 242 g/mol. The first-order valence-corrected chi connectivity index (χ1v) is 5.60. The Morgan fingerprint density at radius 1 is 1.47 bits per heavy atom. The number of aliphatic hydroxyl groups excluding tert-OH is 1. The molecule has 17 heavy (non-hydrogen) atoms. The highest BCUT2D eigenvalue weighted by Gasteiger charge is 2.12. The topological polar surface area (TPSA) is 84.3 Å². The molecule has 1 aromatic heterocycles. The average molecular weight is 242 g/mol. The van der Waals surface area contributed by atoms with Crippen molar-refractivity contribution in [2.75, 3.05) is 6.61 Å². The van der Waals surface area contributed by atoms with E-state index in [0.717, 1.165) is 0 Å². The van der Waals surface area contributed by atoms with Crippen LogP contribution in [0.4, 0.5) is 0 Å². The van der Waals surface area contributed by atoms with E-state index in [2.05, 4.69) is 4.98 Å². The summed E-state index contributed by atoms with van der Waals surface area (Å²) in [5, 5.41) is 8.87. The molecule has 0 aliphatic heterocycles. The maximum absolute atomic E-state index is 11.6. The normalized spacial score (nSPS) is 14.6. The minimum Gasteiger partial charge on any atom is -0.394 e. The average Bonchev–Trinajstić information content (AvgIpc) is 2.28. The lowest BCUT2D eigenvalue weighted by Gasteiger charge is -2.19. The Kier molecular flexibility index (Phi) is 4.65. The van der Waals surface area contributed by atoms with Crippen LogP contribution in [0.2, 0.25) is 0 Å². The van der Waals surface area contributed by atoms with Gasteiger partial charge < -0.3 is 9.84 Å². The van der Waals surface area contributed by atoms with Crippen molar-refractivity contribution in [1.29, 1.82) is 0 Å². The molecule has 0 fully saturated rings. The van der Waals surface area contributed by atoms with Gasteiger partial charge in [0.1, 0.15) is 6.23 Å². The van der Waals surface area contributed by atoms with E-state index >= 15 is 0 Å². The van der Waals surface area contributed by atoms with Crippen LogP contribution in [0.3, 0.4) is 0 Å². The third kappa shape index (κ3) is 3.28. The van der Waals surface area contributed by atoms with Gasteiger partial charge >= 0.3 is 5.69 Å². The zero-order valence-corrected chi connectivity index (χ0v) is 10.3. The van der Waals surface area contributed by atoms with Gasteiger partial charge in [-0.1, -0.05) is 6.92 Å². The van der Waals surface area contributed by atoms with Gasteiger partial charge in [0.2, 0.25) is 0 Å². The molecule has 0 aliphatic rings. The van der Waals surface area contributed by atoms with Crippen molar-refractivity contribution >= 4 is 0 Å². The second-order valence-corrected chi connectivity index (χ2v) is 3.90. The summed E-state index contributed by atoms with van der Waals surface area (Å²) >= 11 is 0. The molecule has 6 nitrogen and oxygen atoms in total. The molecule has 2 atom stereocenters. The SMILES string of the molecule is CCc1cn([C@@H](C)O[C@@H](C)CO)c(=O)[nH]c1=O. The first-order chi connectivity index (χ1) is 7.99. The van der Waals surface area contributed by atoms with E-state index in [4.69, 9.17) is 9.84 Å². The van der Waals surface area contributed by atoms with E-state index in [1.807, 2.05) is 6.92 Å². The summed E-state index contributed by atoms with van der Waals surface area (Å²) in [7, 11) is 0. The molecule has 96 valence electrons. The number of rotatable bonds is 5. The van der Waals surface area contributed by atoms with Crippen LogP contribution >= 0.6 is 0 Å². The molecule has 0 spiro atoms. The summed E-state index contributed by atoms with van der Waals surface area (Å²) in [6, 6.07) is 0. The summed E-state index contributed by atoms with van der Waals surface area (Å²) in [6.45, 7) is 5.10. The Hall–Kier alpha value is -1.40. The van der Waals surface area contributed by atoms with Gasteiger partial charge in [0.05, 0.1) is 12.7 Å². The number of ether oxygens (including phenoxy) is 1. The van der Waals surface area contributed by atoms with Crippen molar-refractivity contribution in [2.24, 2.45) is 0 Å². The summed E-state index contributed by atoms with van der Waals surface area (Å²) in [5.41, 5.74) is -0.349. The van der Waals surface area contributed by atoms with Crippen molar-refractivity contribution in [3.8, 4) is 0 Å². The van der Waals surface area contributed by atoms with E-state index in [0.29, 0.717) is 12.0 Å². The number of nitrogens with one attached hydrogen (secondary N) is 1. The number of aromatic amines is 1. The van der Waals surface area contributed by atoms with E-state index in [1.54, 1.807) is 13.8 Å². The van der Waals surface area contributed by atoms with Gasteiger partial charge in [-0.3, -0.25) is 14.3 Å². The second kappa shape index (κ2) is 5.79. The maximum atomic E-state index is 11.6. The minimum atomic E-state index is -0.535. The Labute approximate surface area is 98.9 Å². The van der Waals surface area contributed by atoms with Gasteiger partial charge in [0.25, 0.3) is 5.56 Å². The zero-order chi connectivity index (χ0) is 13.0. The number of H-pyrrole nitrogens is 1. The predicted molar refractivity (Wildman–Crippen MR) is 63.0 cm³/mol. The Morgan fingerprint density at radius 3 is 2.65 bits per heavy atom. The van der Waals surface area contributed by atoms with Crippen LogP contribution in [-0.2, 0) is 11.2 Å². The Balaban J connectivity index is 3.05. The van der Waals surface area contributed by atoms with Crippen molar-refractivity contribution in [1.82, 2.24) is 9.55 Å².